The van der Waals surface area contributed by atoms with Crippen molar-refractivity contribution >= 4 is 35.3 Å². The standard InChI is InChI=1S/C16H14ClN3O3/c1-23-14-8-3-2-7-13(14)19-15(21)16(22)20-18-10-11-5-4-6-12(17)9-11/h2-10H,1H3,(H,19,21)(H,20,22)/b18-10+. The monoisotopic (exact) mass is 331 g/mol. The minimum Gasteiger partial charge on any atom is -0.495 e. The number of anilines is 1. The second-order valence-corrected chi connectivity index (χ2v) is 4.84. The molecule has 0 fully saturated rings. The van der Waals surface area contributed by atoms with Crippen molar-refractivity contribution in [3.05, 3.63) is 59.1 Å². The predicted molar refractivity (Wildman–Crippen MR) is 88.8 cm³/mol. The van der Waals surface area contributed by atoms with Crippen LogP contribution in [-0.2, 0) is 9.59 Å². The van der Waals surface area contributed by atoms with Crippen LogP contribution in [0.5, 0.6) is 5.75 Å². The molecule has 0 saturated carbocycles. The number of nitrogens with one attached hydrogen (secondary N) is 2. The molecule has 0 aliphatic heterocycles. The number of para-hydroxylation sites is 2. The molecule has 0 atom stereocenters. The zero-order chi connectivity index (χ0) is 16.7. The second-order valence-electron chi connectivity index (χ2n) is 4.41. The van der Waals surface area contributed by atoms with Crippen molar-refractivity contribution in [3.8, 4) is 5.75 Å². The molecule has 118 valence electrons. The first-order valence-corrected chi connectivity index (χ1v) is 7.01. The molecule has 0 bridgehead atoms. The molecule has 23 heavy (non-hydrogen) atoms. The van der Waals surface area contributed by atoms with Crippen molar-refractivity contribution in [3.63, 3.8) is 0 Å². The van der Waals surface area contributed by atoms with E-state index in [0.29, 0.717) is 22.0 Å². The Balaban J connectivity index is 1.94. The lowest BCUT2D eigenvalue weighted by Crippen LogP contribution is -2.32. The average Bonchev–Trinajstić information content (AvgIpc) is 2.55. The molecule has 7 heteroatoms. The van der Waals surface area contributed by atoms with Gasteiger partial charge in [-0.2, -0.15) is 5.10 Å². The number of hydrogen-bond acceptors (Lipinski definition) is 4. The van der Waals surface area contributed by atoms with E-state index in [1.54, 1.807) is 48.5 Å². The van der Waals surface area contributed by atoms with Gasteiger partial charge in [0.25, 0.3) is 0 Å². The van der Waals surface area contributed by atoms with E-state index < -0.39 is 11.8 Å². The summed E-state index contributed by atoms with van der Waals surface area (Å²) in [7, 11) is 1.47. The largest absolute Gasteiger partial charge is 0.495 e. The molecule has 0 radical (unpaired) electrons. The number of halogens is 1. The molecule has 0 saturated heterocycles. The fourth-order valence-corrected chi connectivity index (χ4v) is 1.93. The maximum Gasteiger partial charge on any atom is 0.329 e. The molecule has 2 N–H and O–H groups in total. The lowest BCUT2D eigenvalue weighted by Gasteiger charge is -2.08. The molecule has 0 unspecified atom stereocenters. The van der Waals surface area contributed by atoms with Crippen LogP contribution in [0.3, 0.4) is 0 Å². The van der Waals surface area contributed by atoms with E-state index in [9.17, 15) is 9.59 Å². The molecule has 0 aromatic heterocycles. The zero-order valence-electron chi connectivity index (χ0n) is 12.2. The van der Waals surface area contributed by atoms with Gasteiger partial charge in [0.1, 0.15) is 5.75 Å². The first-order chi connectivity index (χ1) is 11.1. The van der Waals surface area contributed by atoms with Gasteiger partial charge in [-0.05, 0) is 29.8 Å². The molecule has 2 amide bonds. The molecular formula is C16H14ClN3O3. The molecule has 2 rings (SSSR count). The Morgan fingerprint density at radius 1 is 1.13 bits per heavy atom. The number of amides is 2. The van der Waals surface area contributed by atoms with Gasteiger partial charge < -0.3 is 10.1 Å². The third kappa shape index (κ3) is 4.82. The number of hydrazone groups is 1. The summed E-state index contributed by atoms with van der Waals surface area (Å²) in [5, 5.41) is 6.71. The van der Waals surface area contributed by atoms with Gasteiger partial charge in [-0.25, -0.2) is 5.43 Å². The van der Waals surface area contributed by atoms with E-state index in [4.69, 9.17) is 16.3 Å². The van der Waals surface area contributed by atoms with Crippen LogP contribution in [0.2, 0.25) is 5.02 Å². The normalized spacial score (nSPS) is 10.3. The van der Waals surface area contributed by atoms with Gasteiger partial charge in [-0.3, -0.25) is 9.59 Å². The third-order valence-corrected chi connectivity index (χ3v) is 3.02. The minimum absolute atomic E-state index is 0.397. The maximum absolute atomic E-state index is 11.8. The Hall–Kier alpha value is -2.86. The summed E-state index contributed by atoms with van der Waals surface area (Å²) in [6.45, 7) is 0. The van der Waals surface area contributed by atoms with Gasteiger partial charge in [0.2, 0.25) is 0 Å². The highest BCUT2D eigenvalue weighted by Crippen LogP contribution is 2.22. The summed E-state index contributed by atoms with van der Waals surface area (Å²) in [6.07, 6.45) is 1.39. The summed E-state index contributed by atoms with van der Waals surface area (Å²) in [4.78, 5) is 23.5. The number of ether oxygens (including phenoxy) is 1. The fraction of sp³-hybridized carbons (Fsp3) is 0.0625. The van der Waals surface area contributed by atoms with Gasteiger partial charge in [0, 0.05) is 5.02 Å². The lowest BCUT2D eigenvalue weighted by atomic mass is 10.2. The molecule has 2 aromatic carbocycles. The van der Waals surface area contributed by atoms with Crippen LogP contribution in [0.15, 0.2) is 53.6 Å². The predicted octanol–water partition coefficient (Wildman–Crippen LogP) is 2.44. The highest BCUT2D eigenvalue weighted by atomic mass is 35.5. The van der Waals surface area contributed by atoms with Crippen LogP contribution in [0, 0.1) is 0 Å². The van der Waals surface area contributed by atoms with Gasteiger partial charge in [0.05, 0.1) is 19.0 Å². The summed E-state index contributed by atoms with van der Waals surface area (Å²) in [5.74, 6) is -1.29. The van der Waals surface area contributed by atoms with Crippen LogP contribution >= 0.6 is 11.6 Å². The van der Waals surface area contributed by atoms with Crippen molar-refractivity contribution < 1.29 is 14.3 Å². The molecule has 0 heterocycles. The summed E-state index contributed by atoms with van der Waals surface area (Å²) < 4.78 is 5.09. The highest BCUT2D eigenvalue weighted by Gasteiger charge is 2.14. The van der Waals surface area contributed by atoms with Crippen LogP contribution in [0.1, 0.15) is 5.56 Å². The SMILES string of the molecule is COc1ccccc1NC(=O)C(=O)N/N=C/c1cccc(Cl)c1. The Morgan fingerprint density at radius 3 is 2.65 bits per heavy atom. The summed E-state index contributed by atoms with van der Waals surface area (Å²) >= 11 is 5.83. The Labute approximate surface area is 138 Å². The van der Waals surface area contributed by atoms with Crippen molar-refractivity contribution in [1.29, 1.82) is 0 Å². The van der Waals surface area contributed by atoms with E-state index in [-0.39, 0.29) is 0 Å². The minimum atomic E-state index is -0.894. The van der Waals surface area contributed by atoms with Crippen molar-refractivity contribution in [2.24, 2.45) is 5.10 Å². The van der Waals surface area contributed by atoms with Crippen molar-refractivity contribution in [2.45, 2.75) is 0 Å². The number of hydrogen-bond donors (Lipinski definition) is 2. The highest BCUT2D eigenvalue weighted by molar-refractivity contribution is 6.39. The molecule has 2 aromatic rings. The van der Waals surface area contributed by atoms with E-state index >= 15 is 0 Å². The molecule has 0 spiro atoms. The third-order valence-electron chi connectivity index (χ3n) is 2.79. The second kappa shape index (κ2) is 7.95. The van der Waals surface area contributed by atoms with Gasteiger partial charge in [-0.15, -0.1) is 0 Å². The van der Waals surface area contributed by atoms with Crippen LogP contribution in [-0.4, -0.2) is 25.1 Å². The number of carbonyl (C=O) groups excluding carboxylic acids is 2. The summed E-state index contributed by atoms with van der Waals surface area (Å²) in [6, 6.07) is 13.7. The number of rotatable bonds is 4. The topological polar surface area (TPSA) is 79.8 Å². The Kier molecular flexibility index (Phi) is 5.71. The number of methoxy groups -OCH3 is 1. The zero-order valence-corrected chi connectivity index (χ0v) is 13.0. The van der Waals surface area contributed by atoms with Crippen LogP contribution in [0.25, 0.3) is 0 Å². The lowest BCUT2D eigenvalue weighted by molar-refractivity contribution is -0.136. The molecule has 6 nitrogen and oxygen atoms in total. The van der Waals surface area contributed by atoms with Gasteiger partial charge >= 0.3 is 11.8 Å². The van der Waals surface area contributed by atoms with Crippen LogP contribution in [0.4, 0.5) is 5.69 Å². The van der Waals surface area contributed by atoms with E-state index in [1.807, 2.05) is 0 Å². The number of nitrogens with zero attached hydrogens (tertiary/aromatic N) is 1. The van der Waals surface area contributed by atoms with E-state index in [1.165, 1.54) is 13.3 Å². The van der Waals surface area contributed by atoms with Crippen LogP contribution < -0.4 is 15.5 Å². The number of carbonyl (C=O) groups is 2. The van der Waals surface area contributed by atoms with Gasteiger partial charge in [0.15, 0.2) is 0 Å². The quantitative estimate of drug-likeness (QED) is 0.513. The van der Waals surface area contributed by atoms with Crippen molar-refractivity contribution in [1.82, 2.24) is 5.43 Å². The molecule has 0 aliphatic rings. The Morgan fingerprint density at radius 2 is 1.91 bits per heavy atom. The summed E-state index contributed by atoms with van der Waals surface area (Å²) in [5.41, 5.74) is 3.24. The fourth-order valence-electron chi connectivity index (χ4n) is 1.73. The smallest absolute Gasteiger partial charge is 0.329 e. The maximum atomic E-state index is 11.8. The molecule has 0 aliphatic carbocycles. The van der Waals surface area contributed by atoms with Crippen molar-refractivity contribution in [2.75, 3.05) is 12.4 Å². The molecular weight excluding hydrogens is 318 g/mol. The number of benzene rings is 2. The first-order valence-electron chi connectivity index (χ1n) is 6.63. The first kappa shape index (κ1) is 16.5. The van der Waals surface area contributed by atoms with E-state index in [2.05, 4.69) is 15.8 Å². The van der Waals surface area contributed by atoms with Gasteiger partial charge in [-0.1, -0.05) is 35.9 Å². The average molecular weight is 332 g/mol. The Bertz CT molecular complexity index is 747. The van der Waals surface area contributed by atoms with E-state index in [0.717, 1.165) is 0 Å².